The van der Waals surface area contributed by atoms with E-state index in [0.29, 0.717) is 5.75 Å². The number of alkyl halides is 2. The van der Waals surface area contributed by atoms with E-state index in [0.717, 1.165) is 27.6 Å². The molecule has 1 aromatic heterocycles. The summed E-state index contributed by atoms with van der Waals surface area (Å²) < 4.78 is 10.9. The monoisotopic (exact) mass is 307 g/mol. The van der Waals surface area contributed by atoms with Gasteiger partial charge in [-0.15, -0.1) is 0 Å². The van der Waals surface area contributed by atoms with Gasteiger partial charge >= 0.3 is 0 Å². The summed E-state index contributed by atoms with van der Waals surface area (Å²) in [5.74, 6) is 1.41. The summed E-state index contributed by atoms with van der Waals surface area (Å²) in [6, 6.07) is 13.5. The van der Waals surface area contributed by atoms with Gasteiger partial charge in [-0.2, -0.15) is 0 Å². The third-order valence-corrected chi connectivity index (χ3v) is 3.24. The number of halogens is 2. The van der Waals surface area contributed by atoms with Crippen molar-refractivity contribution in [1.82, 2.24) is 4.98 Å². The molecule has 3 aromatic rings. The molecule has 0 aliphatic heterocycles. The molecule has 0 fully saturated rings. The van der Waals surface area contributed by atoms with E-state index >= 15 is 0 Å². The third-order valence-electron chi connectivity index (χ3n) is 3.02. The van der Waals surface area contributed by atoms with Crippen LogP contribution in [0.25, 0.3) is 21.8 Å². The summed E-state index contributed by atoms with van der Waals surface area (Å²) in [6.45, 7) is 0. The van der Waals surface area contributed by atoms with E-state index < -0.39 is 0 Å². The lowest BCUT2D eigenvalue weighted by atomic mass is 10.1. The number of aromatic nitrogens is 1. The molecule has 3 rings (SSSR count). The fraction of sp³-hybridized carbons (Fsp3) is 0.133. The molecule has 0 bridgehead atoms. The van der Waals surface area contributed by atoms with Crippen LogP contribution in [0.1, 0.15) is 0 Å². The van der Waals surface area contributed by atoms with Crippen molar-refractivity contribution in [1.29, 1.82) is 0 Å². The van der Waals surface area contributed by atoms with Crippen LogP contribution in [0.4, 0.5) is 0 Å². The molecule has 0 unspecified atom stereocenters. The number of ether oxygens (including phenoxy) is 2. The standard InChI is InChI=1S/C15H11Cl2NO2/c16-8-19-10-5-6-12-14(7-10)18-13-4-2-1-3-11(13)15(12)20-9-17/h1-7H,8-9H2. The van der Waals surface area contributed by atoms with Crippen molar-refractivity contribution in [3.63, 3.8) is 0 Å². The highest BCUT2D eigenvalue weighted by molar-refractivity contribution is 6.17. The van der Waals surface area contributed by atoms with Crippen LogP contribution in [-0.2, 0) is 0 Å². The van der Waals surface area contributed by atoms with Gasteiger partial charge in [0.1, 0.15) is 11.5 Å². The minimum Gasteiger partial charge on any atom is -0.478 e. The van der Waals surface area contributed by atoms with Crippen LogP contribution >= 0.6 is 23.2 Å². The molecule has 0 aliphatic rings. The first kappa shape index (κ1) is 13.3. The molecule has 0 radical (unpaired) electrons. The van der Waals surface area contributed by atoms with Gasteiger partial charge in [-0.3, -0.25) is 0 Å². The van der Waals surface area contributed by atoms with Gasteiger partial charge in [0.25, 0.3) is 0 Å². The number of hydrogen-bond donors (Lipinski definition) is 0. The summed E-state index contributed by atoms with van der Waals surface area (Å²) >= 11 is 11.3. The summed E-state index contributed by atoms with van der Waals surface area (Å²) in [4.78, 5) is 4.62. The number of nitrogens with zero attached hydrogens (tertiary/aromatic N) is 1. The van der Waals surface area contributed by atoms with E-state index in [1.54, 1.807) is 0 Å². The number of pyridine rings is 1. The molecule has 0 spiro atoms. The minimum atomic E-state index is 0.0863. The lowest BCUT2D eigenvalue weighted by Crippen LogP contribution is -1.95. The van der Waals surface area contributed by atoms with Crippen LogP contribution in [-0.4, -0.2) is 17.1 Å². The zero-order valence-electron chi connectivity index (χ0n) is 10.5. The van der Waals surface area contributed by atoms with E-state index in [4.69, 9.17) is 32.7 Å². The van der Waals surface area contributed by atoms with E-state index in [1.165, 1.54) is 0 Å². The largest absolute Gasteiger partial charge is 0.478 e. The molecule has 0 saturated carbocycles. The first-order valence-corrected chi connectivity index (χ1v) is 7.10. The average Bonchev–Trinajstić information content (AvgIpc) is 2.47. The van der Waals surface area contributed by atoms with Gasteiger partial charge < -0.3 is 9.47 Å². The Bertz CT molecular complexity index is 761. The first-order chi connectivity index (χ1) is 9.83. The van der Waals surface area contributed by atoms with Crippen molar-refractivity contribution in [3.05, 3.63) is 42.5 Å². The summed E-state index contributed by atoms with van der Waals surface area (Å²) in [5.41, 5.74) is 1.63. The Kier molecular flexibility index (Phi) is 3.81. The third kappa shape index (κ3) is 2.35. The second-order valence-corrected chi connectivity index (χ2v) is 4.58. The molecule has 0 amide bonds. The van der Waals surface area contributed by atoms with E-state index in [2.05, 4.69) is 4.98 Å². The molecule has 2 aromatic carbocycles. The second kappa shape index (κ2) is 5.73. The molecule has 0 aliphatic carbocycles. The van der Waals surface area contributed by atoms with Crippen LogP contribution in [0, 0.1) is 0 Å². The van der Waals surface area contributed by atoms with Crippen molar-refractivity contribution in [2.24, 2.45) is 0 Å². The number of benzene rings is 2. The summed E-state index contributed by atoms with van der Waals surface area (Å²) in [7, 11) is 0. The van der Waals surface area contributed by atoms with Crippen molar-refractivity contribution < 1.29 is 9.47 Å². The summed E-state index contributed by atoms with van der Waals surface area (Å²) in [5, 5.41) is 1.83. The number of rotatable bonds is 4. The topological polar surface area (TPSA) is 31.4 Å². The predicted octanol–water partition coefficient (Wildman–Crippen LogP) is 4.54. The Morgan fingerprint density at radius 1 is 0.850 bits per heavy atom. The molecular weight excluding hydrogens is 297 g/mol. The van der Waals surface area contributed by atoms with Crippen LogP contribution in [0.3, 0.4) is 0 Å². The highest BCUT2D eigenvalue weighted by atomic mass is 35.5. The van der Waals surface area contributed by atoms with Crippen LogP contribution < -0.4 is 9.47 Å². The lowest BCUT2D eigenvalue weighted by Gasteiger charge is -2.11. The minimum absolute atomic E-state index is 0.0863. The van der Waals surface area contributed by atoms with Crippen molar-refractivity contribution >= 4 is 45.0 Å². The van der Waals surface area contributed by atoms with Crippen molar-refractivity contribution in [2.45, 2.75) is 0 Å². The van der Waals surface area contributed by atoms with Crippen LogP contribution in [0.5, 0.6) is 11.5 Å². The average molecular weight is 308 g/mol. The Labute approximate surface area is 126 Å². The molecule has 102 valence electrons. The lowest BCUT2D eigenvalue weighted by molar-refractivity contribution is 0.388. The zero-order valence-corrected chi connectivity index (χ0v) is 12.0. The highest BCUT2D eigenvalue weighted by Gasteiger charge is 2.10. The van der Waals surface area contributed by atoms with Gasteiger partial charge in [-0.1, -0.05) is 35.3 Å². The molecular formula is C15H11Cl2NO2. The van der Waals surface area contributed by atoms with Gasteiger partial charge in [0.2, 0.25) is 0 Å². The van der Waals surface area contributed by atoms with Gasteiger partial charge in [0.05, 0.1) is 11.0 Å². The van der Waals surface area contributed by atoms with Crippen LogP contribution in [0.15, 0.2) is 42.5 Å². The fourth-order valence-corrected chi connectivity index (χ4v) is 2.43. The molecule has 20 heavy (non-hydrogen) atoms. The van der Waals surface area contributed by atoms with Gasteiger partial charge in [-0.05, 0) is 24.3 Å². The molecule has 5 heteroatoms. The smallest absolute Gasteiger partial charge is 0.162 e. The molecule has 1 heterocycles. The fourth-order valence-electron chi connectivity index (χ4n) is 2.20. The van der Waals surface area contributed by atoms with Gasteiger partial charge in [0, 0.05) is 16.8 Å². The Morgan fingerprint density at radius 3 is 2.40 bits per heavy atom. The van der Waals surface area contributed by atoms with Gasteiger partial charge in [0.15, 0.2) is 12.1 Å². The van der Waals surface area contributed by atoms with E-state index in [9.17, 15) is 0 Å². The van der Waals surface area contributed by atoms with Crippen molar-refractivity contribution in [3.8, 4) is 11.5 Å². The molecule has 0 atom stereocenters. The summed E-state index contributed by atoms with van der Waals surface area (Å²) in [6.07, 6.45) is 0. The Morgan fingerprint density at radius 2 is 1.60 bits per heavy atom. The highest BCUT2D eigenvalue weighted by Crippen LogP contribution is 2.34. The van der Waals surface area contributed by atoms with Crippen LogP contribution in [0.2, 0.25) is 0 Å². The quantitative estimate of drug-likeness (QED) is 0.524. The van der Waals surface area contributed by atoms with Gasteiger partial charge in [-0.25, -0.2) is 4.98 Å². The number of fused-ring (bicyclic) bond motifs is 2. The molecule has 0 saturated heterocycles. The second-order valence-electron chi connectivity index (χ2n) is 4.14. The normalized spacial score (nSPS) is 10.9. The number of para-hydroxylation sites is 1. The SMILES string of the molecule is ClCOc1ccc2c(OCCl)c3ccccc3nc2c1. The number of hydrogen-bond acceptors (Lipinski definition) is 3. The maximum absolute atomic E-state index is 5.73. The zero-order chi connectivity index (χ0) is 13.9. The Hall–Kier alpha value is -1.71. The van der Waals surface area contributed by atoms with Crippen molar-refractivity contribution in [2.75, 3.05) is 12.1 Å². The van der Waals surface area contributed by atoms with E-state index in [1.807, 2.05) is 42.5 Å². The molecule has 0 N–H and O–H groups in total. The van der Waals surface area contributed by atoms with E-state index in [-0.39, 0.29) is 12.1 Å². The Balaban J connectivity index is 2.31. The maximum atomic E-state index is 5.73. The molecule has 3 nitrogen and oxygen atoms in total. The first-order valence-electron chi connectivity index (χ1n) is 6.03. The maximum Gasteiger partial charge on any atom is 0.162 e. The predicted molar refractivity (Wildman–Crippen MR) is 81.9 cm³/mol.